The van der Waals surface area contributed by atoms with Gasteiger partial charge < -0.3 is 5.32 Å². The summed E-state index contributed by atoms with van der Waals surface area (Å²) < 4.78 is 0. The molecular weight excluding hydrogens is 208 g/mol. The zero-order valence-electron chi connectivity index (χ0n) is 11.0. The van der Waals surface area contributed by atoms with Crippen LogP contribution in [-0.4, -0.2) is 30.6 Å². The lowest BCUT2D eigenvalue weighted by atomic mass is 10.0. The number of nitrogens with zero attached hydrogens (tertiary/aromatic N) is 1. The van der Waals surface area contributed by atoms with E-state index < -0.39 is 0 Å². The van der Waals surface area contributed by atoms with E-state index in [2.05, 4.69) is 54.4 Å². The van der Waals surface area contributed by atoms with Gasteiger partial charge in [0.05, 0.1) is 0 Å². The van der Waals surface area contributed by atoms with Crippen LogP contribution in [-0.2, 0) is 0 Å². The fraction of sp³-hybridized carbons (Fsp3) is 0.600. The molecule has 1 saturated heterocycles. The first-order valence-corrected chi connectivity index (χ1v) is 6.83. The monoisotopic (exact) mass is 232 g/mol. The average molecular weight is 232 g/mol. The van der Waals surface area contributed by atoms with Crippen molar-refractivity contribution in [1.29, 1.82) is 0 Å². The molecular formula is C15H24N2. The molecule has 0 aliphatic carbocycles. The summed E-state index contributed by atoms with van der Waals surface area (Å²) in [7, 11) is 0. The first kappa shape index (κ1) is 12.6. The molecule has 2 nitrogen and oxygen atoms in total. The van der Waals surface area contributed by atoms with E-state index in [0.29, 0.717) is 12.1 Å². The predicted octanol–water partition coefficient (Wildman–Crippen LogP) is 2.82. The minimum atomic E-state index is 0.539. The van der Waals surface area contributed by atoms with Crippen molar-refractivity contribution in [1.82, 2.24) is 10.2 Å². The minimum Gasteiger partial charge on any atom is -0.313 e. The summed E-state index contributed by atoms with van der Waals surface area (Å²) in [4.78, 5) is 2.60. The van der Waals surface area contributed by atoms with Crippen LogP contribution in [0.4, 0.5) is 0 Å². The van der Waals surface area contributed by atoms with Crippen molar-refractivity contribution in [3.63, 3.8) is 0 Å². The summed E-state index contributed by atoms with van der Waals surface area (Å²) in [5.74, 6) is 0. The van der Waals surface area contributed by atoms with Gasteiger partial charge in [0.1, 0.15) is 0 Å². The van der Waals surface area contributed by atoms with Gasteiger partial charge in [-0.15, -0.1) is 0 Å². The van der Waals surface area contributed by atoms with Crippen molar-refractivity contribution in [2.45, 2.75) is 38.8 Å². The molecule has 1 aromatic carbocycles. The molecule has 0 saturated carbocycles. The summed E-state index contributed by atoms with van der Waals surface area (Å²) in [5.41, 5.74) is 1.43. The molecule has 2 unspecified atom stereocenters. The molecule has 0 aromatic heterocycles. The second-order valence-corrected chi connectivity index (χ2v) is 4.98. The summed E-state index contributed by atoms with van der Waals surface area (Å²) in [5, 5.41) is 3.58. The summed E-state index contributed by atoms with van der Waals surface area (Å²) in [6.45, 7) is 8.02. The fourth-order valence-corrected chi connectivity index (χ4v) is 2.76. The van der Waals surface area contributed by atoms with Crippen molar-refractivity contribution in [2.75, 3.05) is 19.6 Å². The van der Waals surface area contributed by atoms with E-state index in [4.69, 9.17) is 0 Å². The highest BCUT2D eigenvalue weighted by Gasteiger charge is 2.23. The first-order chi connectivity index (χ1) is 8.31. The van der Waals surface area contributed by atoms with Crippen LogP contribution in [0.3, 0.4) is 0 Å². The first-order valence-electron chi connectivity index (χ1n) is 6.83. The third-order valence-electron chi connectivity index (χ3n) is 3.78. The molecule has 0 amide bonds. The average Bonchev–Trinajstić information content (AvgIpc) is 2.40. The van der Waals surface area contributed by atoms with Crippen LogP contribution in [0, 0.1) is 0 Å². The topological polar surface area (TPSA) is 15.3 Å². The van der Waals surface area contributed by atoms with Gasteiger partial charge in [0.2, 0.25) is 0 Å². The molecule has 0 radical (unpaired) electrons. The minimum absolute atomic E-state index is 0.539. The van der Waals surface area contributed by atoms with E-state index in [1.54, 1.807) is 0 Å². The lowest BCUT2D eigenvalue weighted by Crippen LogP contribution is -2.46. The number of likely N-dealkylation sites (N-methyl/N-ethyl adjacent to an activating group) is 1. The SMILES string of the molecule is CCNC1CCCN(C(C)c2ccccc2)C1. The third-order valence-corrected chi connectivity index (χ3v) is 3.78. The number of hydrogen-bond acceptors (Lipinski definition) is 2. The summed E-state index contributed by atoms with van der Waals surface area (Å²) in [6, 6.07) is 12.1. The Hall–Kier alpha value is -0.860. The standard InChI is InChI=1S/C15H24N2/c1-3-16-15-10-7-11-17(12-15)13(2)14-8-5-4-6-9-14/h4-6,8-9,13,15-16H,3,7,10-12H2,1-2H3. The molecule has 17 heavy (non-hydrogen) atoms. The Morgan fingerprint density at radius 1 is 1.35 bits per heavy atom. The van der Waals surface area contributed by atoms with Crippen molar-refractivity contribution in [2.24, 2.45) is 0 Å². The quantitative estimate of drug-likeness (QED) is 0.858. The van der Waals surface area contributed by atoms with Crippen molar-refractivity contribution in [3.05, 3.63) is 35.9 Å². The Labute approximate surface area is 105 Å². The van der Waals surface area contributed by atoms with Gasteiger partial charge in [-0.2, -0.15) is 0 Å². The molecule has 94 valence electrons. The van der Waals surface area contributed by atoms with E-state index in [0.717, 1.165) is 6.54 Å². The van der Waals surface area contributed by atoms with Crippen LogP contribution < -0.4 is 5.32 Å². The van der Waals surface area contributed by atoms with E-state index in [-0.39, 0.29) is 0 Å². The molecule has 0 spiro atoms. The number of likely N-dealkylation sites (tertiary alicyclic amines) is 1. The fourth-order valence-electron chi connectivity index (χ4n) is 2.76. The van der Waals surface area contributed by atoms with Crippen molar-refractivity contribution >= 4 is 0 Å². The van der Waals surface area contributed by atoms with Gasteiger partial charge >= 0.3 is 0 Å². The molecule has 1 aliphatic rings. The number of rotatable bonds is 4. The molecule has 1 fully saturated rings. The second kappa shape index (κ2) is 6.18. The maximum Gasteiger partial charge on any atom is 0.0320 e. The van der Waals surface area contributed by atoms with Gasteiger partial charge in [-0.25, -0.2) is 0 Å². The normalized spacial score (nSPS) is 23.5. The van der Waals surface area contributed by atoms with Crippen LogP contribution in [0.25, 0.3) is 0 Å². The number of hydrogen-bond donors (Lipinski definition) is 1. The molecule has 1 heterocycles. The molecule has 1 N–H and O–H groups in total. The van der Waals surface area contributed by atoms with Crippen LogP contribution in [0.1, 0.15) is 38.3 Å². The van der Waals surface area contributed by atoms with Gasteiger partial charge in [-0.1, -0.05) is 37.3 Å². The lowest BCUT2D eigenvalue weighted by Gasteiger charge is -2.37. The van der Waals surface area contributed by atoms with Gasteiger partial charge in [0, 0.05) is 18.6 Å². The largest absolute Gasteiger partial charge is 0.313 e. The molecule has 2 heteroatoms. The number of benzene rings is 1. The summed E-state index contributed by atoms with van der Waals surface area (Å²) in [6.07, 6.45) is 2.64. The van der Waals surface area contributed by atoms with E-state index in [1.165, 1.54) is 31.5 Å². The third kappa shape index (κ3) is 3.30. The maximum absolute atomic E-state index is 3.58. The molecule has 1 aromatic rings. The van der Waals surface area contributed by atoms with E-state index in [9.17, 15) is 0 Å². The summed E-state index contributed by atoms with van der Waals surface area (Å²) >= 11 is 0. The highest BCUT2D eigenvalue weighted by Crippen LogP contribution is 2.23. The molecule has 2 rings (SSSR count). The van der Waals surface area contributed by atoms with Crippen LogP contribution in [0.5, 0.6) is 0 Å². The van der Waals surface area contributed by atoms with Crippen LogP contribution >= 0.6 is 0 Å². The van der Waals surface area contributed by atoms with E-state index in [1.807, 2.05) is 0 Å². The zero-order valence-corrected chi connectivity index (χ0v) is 11.0. The molecule has 2 atom stereocenters. The number of nitrogens with one attached hydrogen (secondary N) is 1. The van der Waals surface area contributed by atoms with E-state index >= 15 is 0 Å². The second-order valence-electron chi connectivity index (χ2n) is 4.98. The Morgan fingerprint density at radius 2 is 2.12 bits per heavy atom. The Bertz CT molecular complexity index is 321. The van der Waals surface area contributed by atoms with Crippen molar-refractivity contribution < 1.29 is 0 Å². The van der Waals surface area contributed by atoms with Crippen LogP contribution in [0.2, 0.25) is 0 Å². The van der Waals surface area contributed by atoms with Crippen molar-refractivity contribution in [3.8, 4) is 0 Å². The maximum atomic E-state index is 3.58. The predicted molar refractivity (Wildman–Crippen MR) is 73.1 cm³/mol. The lowest BCUT2D eigenvalue weighted by molar-refractivity contribution is 0.147. The smallest absolute Gasteiger partial charge is 0.0320 e. The zero-order chi connectivity index (χ0) is 12.1. The van der Waals surface area contributed by atoms with Gasteiger partial charge in [0.25, 0.3) is 0 Å². The van der Waals surface area contributed by atoms with Gasteiger partial charge in [-0.05, 0) is 38.4 Å². The Balaban J connectivity index is 1.97. The van der Waals surface area contributed by atoms with Gasteiger partial charge in [0.15, 0.2) is 0 Å². The molecule has 1 aliphatic heterocycles. The highest BCUT2D eigenvalue weighted by molar-refractivity contribution is 5.18. The molecule has 0 bridgehead atoms. The highest BCUT2D eigenvalue weighted by atomic mass is 15.2. The Morgan fingerprint density at radius 3 is 2.82 bits per heavy atom. The number of piperidine rings is 1. The van der Waals surface area contributed by atoms with Gasteiger partial charge in [-0.3, -0.25) is 4.90 Å². The van der Waals surface area contributed by atoms with Crippen LogP contribution in [0.15, 0.2) is 30.3 Å². The Kier molecular flexibility index (Phi) is 4.57.